The average Bonchev–Trinajstić information content (AvgIpc) is 3.03. The van der Waals surface area contributed by atoms with Gasteiger partial charge in [-0.1, -0.05) is 6.07 Å². The Hall–Kier alpha value is -4.66. The quantitative estimate of drug-likeness (QED) is 0.284. The molecule has 158 valence electrons. The van der Waals surface area contributed by atoms with Crippen LogP contribution in [0.4, 0.5) is 17.1 Å². The van der Waals surface area contributed by atoms with E-state index in [9.17, 15) is 29.3 Å². The van der Waals surface area contributed by atoms with Gasteiger partial charge in [-0.05, 0) is 55.5 Å². The summed E-state index contributed by atoms with van der Waals surface area (Å²) in [6.45, 7) is 1.44. The number of anilines is 2. The number of amides is 3. The van der Waals surface area contributed by atoms with Gasteiger partial charge in [-0.25, -0.2) is 4.90 Å². The number of fused-ring (bicyclic) bond motifs is 1. The van der Waals surface area contributed by atoms with Crippen LogP contribution >= 0.6 is 0 Å². The first-order valence-electron chi connectivity index (χ1n) is 9.46. The number of nitro groups is 1. The maximum Gasteiger partial charge on any atom is 0.270 e. The lowest BCUT2D eigenvalue weighted by Crippen LogP contribution is -2.29. The summed E-state index contributed by atoms with van der Waals surface area (Å²) in [5, 5.41) is 13.7. The first-order chi connectivity index (χ1) is 15.3. The topological polar surface area (TPSA) is 127 Å². The molecular weight excluding hydrogens is 414 g/mol. The summed E-state index contributed by atoms with van der Waals surface area (Å²) >= 11 is 0. The third kappa shape index (κ3) is 3.63. The lowest BCUT2D eigenvalue weighted by Gasteiger charge is -2.15. The molecule has 0 saturated carbocycles. The summed E-state index contributed by atoms with van der Waals surface area (Å²) in [5.41, 5.74) is 1.04. The van der Waals surface area contributed by atoms with Crippen LogP contribution in [0.15, 0.2) is 66.7 Å². The fourth-order valence-electron chi connectivity index (χ4n) is 3.35. The van der Waals surface area contributed by atoms with Crippen molar-refractivity contribution < 1.29 is 24.1 Å². The van der Waals surface area contributed by atoms with Gasteiger partial charge in [0, 0.05) is 28.9 Å². The number of ketones is 1. The second kappa shape index (κ2) is 7.88. The number of hydrogen-bond acceptors (Lipinski definition) is 6. The molecule has 0 aliphatic carbocycles. The van der Waals surface area contributed by atoms with E-state index in [1.54, 1.807) is 24.3 Å². The lowest BCUT2D eigenvalue weighted by molar-refractivity contribution is -0.384. The van der Waals surface area contributed by atoms with Crippen LogP contribution in [0.5, 0.6) is 0 Å². The van der Waals surface area contributed by atoms with E-state index in [-0.39, 0.29) is 33.8 Å². The van der Waals surface area contributed by atoms with Crippen molar-refractivity contribution >= 4 is 40.6 Å². The Morgan fingerprint density at radius 2 is 1.56 bits per heavy atom. The molecule has 1 aliphatic heterocycles. The predicted octanol–water partition coefficient (Wildman–Crippen LogP) is 3.85. The van der Waals surface area contributed by atoms with Crippen LogP contribution in [0.3, 0.4) is 0 Å². The largest absolute Gasteiger partial charge is 0.322 e. The van der Waals surface area contributed by atoms with Crippen molar-refractivity contribution in [3.63, 3.8) is 0 Å². The molecule has 0 aromatic heterocycles. The van der Waals surface area contributed by atoms with E-state index >= 15 is 0 Å². The van der Waals surface area contributed by atoms with E-state index in [1.165, 1.54) is 37.3 Å². The summed E-state index contributed by atoms with van der Waals surface area (Å²) in [5.74, 6) is -1.90. The van der Waals surface area contributed by atoms with Gasteiger partial charge in [0.05, 0.1) is 21.7 Å². The van der Waals surface area contributed by atoms with Gasteiger partial charge in [-0.2, -0.15) is 0 Å². The van der Waals surface area contributed by atoms with Crippen LogP contribution < -0.4 is 10.2 Å². The molecule has 1 N–H and O–H groups in total. The number of nitro benzene ring substituents is 1. The zero-order chi connectivity index (χ0) is 23.0. The van der Waals surface area contributed by atoms with Gasteiger partial charge in [0.15, 0.2) is 5.78 Å². The van der Waals surface area contributed by atoms with Crippen LogP contribution in [-0.4, -0.2) is 28.4 Å². The summed E-state index contributed by atoms with van der Waals surface area (Å²) in [4.78, 5) is 60.8. The number of nitrogens with zero attached hydrogens (tertiary/aromatic N) is 2. The van der Waals surface area contributed by atoms with E-state index in [0.29, 0.717) is 11.3 Å². The third-order valence-electron chi connectivity index (χ3n) is 5.00. The predicted molar refractivity (Wildman–Crippen MR) is 115 cm³/mol. The van der Waals surface area contributed by atoms with E-state index in [0.717, 1.165) is 17.0 Å². The minimum absolute atomic E-state index is 0.0565. The Bertz CT molecular complexity index is 1310. The fourth-order valence-corrected chi connectivity index (χ4v) is 3.35. The molecule has 0 fully saturated rings. The number of nitrogens with one attached hydrogen (secondary N) is 1. The molecule has 9 nitrogen and oxygen atoms in total. The van der Waals surface area contributed by atoms with Crippen molar-refractivity contribution in [3.05, 3.63) is 99.1 Å². The number of hydrogen-bond donors (Lipinski definition) is 1. The number of non-ortho nitro benzene ring substituents is 1. The number of carbonyl (C=O) groups excluding carboxylic acids is 4. The van der Waals surface area contributed by atoms with Crippen molar-refractivity contribution in [3.8, 4) is 0 Å². The molecule has 32 heavy (non-hydrogen) atoms. The van der Waals surface area contributed by atoms with Crippen molar-refractivity contribution in [2.45, 2.75) is 6.92 Å². The van der Waals surface area contributed by atoms with Gasteiger partial charge in [0.1, 0.15) is 0 Å². The van der Waals surface area contributed by atoms with E-state index < -0.39 is 22.6 Å². The SMILES string of the molecule is CC(=O)c1ccc(NC(=O)c2cccc(N3C(=O)c4ccc([N+](=O)[O-])cc4C3=O)c2)cc1. The molecular formula is C23H15N3O6. The van der Waals surface area contributed by atoms with Crippen molar-refractivity contribution in [2.24, 2.45) is 0 Å². The average molecular weight is 429 g/mol. The van der Waals surface area contributed by atoms with E-state index in [2.05, 4.69) is 5.32 Å². The van der Waals surface area contributed by atoms with Gasteiger partial charge >= 0.3 is 0 Å². The molecule has 3 aromatic carbocycles. The van der Waals surface area contributed by atoms with Gasteiger partial charge in [-0.15, -0.1) is 0 Å². The molecule has 1 aliphatic rings. The second-order valence-electron chi connectivity index (χ2n) is 7.07. The van der Waals surface area contributed by atoms with Crippen molar-refractivity contribution in [2.75, 3.05) is 10.2 Å². The minimum atomic E-state index is -0.703. The highest BCUT2D eigenvalue weighted by atomic mass is 16.6. The fraction of sp³-hybridized carbons (Fsp3) is 0.0435. The molecule has 4 rings (SSSR count). The summed E-state index contributed by atoms with van der Waals surface area (Å²) < 4.78 is 0. The highest BCUT2D eigenvalue weighted by molar-refractivity contribution is 6.34. The Labute approximate surface area is 181 Å². The monoisotopic (exact) mass is 429 g/mol. The number of rotatable bonds is 5. The molecule has 0 saturated heterocycles. The van der Waals surface area contributed by atoms with Crippen molar-refractivity contribution in [1.82, 2.24) is 0 Å². The lowest BCUT2D eigenvalue weighted by atomic mass is 10.1. The molecule has 0 radical (unpaired) electrons. The van der Waals surface area contributed by atoms with Gasteiger partial charge in [0.2, 0.25) is 0 Å². The normalized spacial score (nSPS) is 12.5. The summed E-state index contributed by atoms with van der Waals surface area (Å²) in [7, 11) is 0. The maximum atomic E-state index is 12.8. The van der Waals surface area contributed by atoms with Gasteiger partial charge < -0.3 is 5.32 Å². The molecule has 0 atom stereocenters. The summed E-state index contributed by atoms with van der Waals surface area (Å²) in [6.07, 6.45) is 0. The Kier molecular flexibility index (Phi) is 5.07. The van der Waals surface area contributed by atoms with Crippen LogP contribution in [0.2, 0.25) is 0 Å². The molecule has 3 aromatic rings. The van der Waals surface area contributed by atoms with Crippen molar-refractivity contribution in [1.29, 1.82) is 0 Å². The Morgan fingerprint density at radius 1 is 0.875 bits per heavy atom. The van der Waals surface area contributed by atoms with Crippen LogP contribution in [0.1, 0.15) is 48.4 Å². The Morgan fingerprint density at radius 3 is 2.22 bits per heavy atom. The number of imide groups is 1. The van der Waals surface area contributed by atoms with Crippen LogP contribution in [0, 0.1) is 10.1 Å². The number of carbonyl (C=O) groups is 4. The zero-order valence-electron chi connectivity index (χ0n) is 16.7. The highest BCUT2D eigenvalue weighted by Crippen LogP contribution is 2.31. The maximum absolute atomic E-state index is 12.8. The van der Waals surface area contributed by atoms with Crippen LogP contribution in [-0.2, 0) is 0 Å². The van der Waals surface area contributed by atoms with E-state index in [1.807, 2.05) is 0 Å². The van der Waals surface area contributed by atoms with Gasteiger partial charge in [-0.3, -0.25) is 29.3 Å². The smallest absolute Gasteiger partial charge is 0.270 e. The minimum Gasteiger partial charge on any atom is -0.322 e. The first kappa shape index (κ1) is 20.6. The number of benzene rings is 3. The molecule has 9 heteroatoms. The molecule has 0 unspecified atom stereocenters. The first-order valence-corrected chi connectivity index (χ1v) is 9.46. The molecule has 3 amide bonds. The van der Waals surface area contributed by atoms with Gasteiger partial charge in [0.25, 0.3) is 23.4 Å². The number of Topliss-reactive ketones (excluding diaryl/α,β-unsaturated/α-hetero) is 1. The van der Waals surface area contributed by atoms with E-state index in [4.69, 9.17) is 0 Å². The third-order valence-corrected chi connectivity index (χ3v) is 5.00. The highest BCUT2D eigenvalue weighted by Gasteiger charge is 2.38. The molecule has 0 bridgehead atoms. The molecule has 1 heterocycles. The molecule has 0 spiro atoms. The Balaban J connectivity index is 1.59. The zero-order valence-corrected chi connectivity index (χ0v) is 16.7. The summed E-state index contributed by atoms with van der Waals surface area (Å²) in [6, 6.07) is 15.8. The van der Waals surface area contributed by atoms with Crippen LogP contribution in [0.25, 0.3) is 0 Å². The standard InChI is InChI=1S/C23H15N3O6/c1-13(27)14-5-7-16(8-6-14)24-21(28)15-3-2-4-17(11-15)25-22(29)19-10-9-18(26(31)32)12-20(19)23(25)30/h2-12H,1H3,(H,24,28). The second-order valence-corrected chi connectivity index (χ2v) is 7.07.